The Morgan fingerprint density at radius 1 is 1.15 bits per heavy atom. The van der Waals surface area contributed by atoms with Crippen LogP contribution in [-0.2, 0) is 6.42 Å². The molecule has 0 radical (unpaired) electrons. The number of rotatable bonds is 9. The molecule has 1 aromatic heterocycles. The second-order valence-electron chi connectivity index (χ2n) is 8.93. The van der Waals surface area contributed by atoms with Gasteiger partial charge < -0.3 is 14.4 Å². The van der Waals surface area contributed by atoms with Crippen LogP contribution in [0.5, 0.6) is 11.5 Å². The van der Waals surface area contributed by atoms with Gasteiger partial charge >= 0.3 is 0 Å². The molecule has 0 saturated carbocycles. The summed E-state index contributed by atoms with van der Waals surface area (Å²) >= 11 is 0. The standard InChI is InChI=1S/C26H33N5O3/c1-18(2)34-25-15-21(10-11-24(25)33-4)30-12-13-31(17-23(32)26-27-19(3)28-29-26)22(16-30)14-20-8-6-5-7-9-20/h5-11,15,18,22H,12-14,16-17H2,1-4H3,(H,27,28,29)/t22-/m0/s1. The fourth-order valence-electron chi connectivity index (χ4n) is 4.35. The highest BCUT2D eigenvalue weighted by atomic mass is 16.5. The fraction of sp³-hybridized carbons (Fsp3) is 0.423. The maximum atomic E-state index is 12.9. The van der Waals surface area contributed by atoms with Gasteiger partial charge in [0, 0.05) is 37.4 Å². The first-order valence-electron chi connectivity index (χ1n) is 11.7. The molecule has 1 atom stereocenters. The van der Waals surface area contributed by atoms with Crippen molar-refractivity contribution in [3.8, 4) is 11.5 Å². The van der Waals surface area contributed by atoms with Gasteiger partial charge in [-0.3, -0.25) is 14.8 Å². The maximum absolute atomic E-state index is 12.9. The predicted octanol–water partition coefficient (Wildman–Crippen LogP) is 3.53. The van der Waals surface area contributed by atoms with Crippen molar-refractivity contribution in [2.75, 3.05) is 38.2 Å². The van der Waals surface area contributed by atoms with Crippen LogP contribution in [0.1, 0.15) is 35.9 Å². The van der Waals surface area contributed by atoms with Crippen LogP contribution in [0.25, 0.3) is 0 Å². The summed E-state index contributed by atoms with van der Waals surface area (Å²) in [5, 5.41) is 6.82. The van der Waals surface area contributed by atoms with Crippen LogP contribution in [0.4, 0.5) is 5.69 Å². The van der Waals surface area contributed by atoms with E-state index in [1.165, 1.54) is 5.56 Å². The second kappa shape index (κ2) is 10.7. The minimum absolute atomic E-state index is 0.0529. The third-order valence-electron chi connectivity index (χ3n) is 5.99. The zero-order chi connectivity index (χ0) is 24.1. The minimum Gasteiger partial charge on any atom is -0.493 e. The third kappa shape index (κ3) is 5.75. The number of aromatic amines is 1. The lowest BCUT2D eigenvalue weighted by molar-refractivity contribution is 0.0865. The van der Waals surface area contributed by atoms with Crippen LogP contribution in [0.15, 0.2) is 48.5 Å². The number of piperazine rings is 1. The Morgan fingerprint density at radius 2 is 1.94 bits per heavy atom. The van der Waals surface area contributed by atoms with Crippen molar-refractivity contribution in [3.05, 3.63) is 65.7 Å². The summed E-state index contributed by atoms with van der Waals surface area (Å²) in [6.45, 7) is 8.47. The summed E-state index contributed by atoms with van der Waals surface area (Å²) in [6, 6.07) is 16.7. The molecule has 1 fully saturated rings. The monoisotopic (exact) mass is 463 g/mol. The molecule has 2 aromatic carbocycles. The molecule has 0 aliphatic carbocycles. The molecular weight excluding hydrogens is 430 g/mol. The summed E-state index contributed by atoms with van der Waals surface area (Å²) in [5.41, 5.74) is 2.34. The predicted molar refractivity (Wildman–Crippen MR) is 132 cm³/mol. The summed E-state index contributed by atoms with van der Waals surface area (Å²) < 4.78 is 11.5. The number of H-pyrrole nitrogens is 1. The number of aryl methyl sites for hydroxylation is 1. The number of Topliss-reactive ketones (excluding diaryl/α,β-unsaturated/α-hetero) is 1. The Bertz CT molecular complexity index is 1100. The number of ketones is 1. The number of methoxy groups -OCH3 is 1. The first-order valence-corrected chi connectivity index (χ1v) is 11.7. The normalized spacial score (nSPS) is 16.6. The molecule has 1 saturated heterocycles. The van der Waals surface area contributed by atoms with Crippen LogP contribution in [0.2, 0.25) is 0 Å². The molecule has 2 heterocycles. The van der Waals surface area contributed by atoms with E-state index in [4.69, 9.17) is 9.47 Å². The van der Waals surface area contributed by atoms with E-state index in [0.29, 0.717) is 12.4 Å². The number of aromatic nitrogens is 3. The Kier molecular flexibility index (Phi) is 7.47. The molecule has 3 aromatic rings. The van der Waals surface area contributed by atoms with E-state index in [1.807, 2.05) is 26.0 Å². The summed E-state index contributed by atoms with van der Waals surface area (Å²) in [4.78, 5) is 21.7. The Hall–Kier alpha value is -3.39. The van der Waals surface area contributed by atoms with E-state index >= 15 is 0 Å². The molecule has 180 valence electrons. The molecule has 0 spiro atoms. The number of benzene rings is 2. The highest BCUT2D eigenvalue weighted by Gasteiger charge is 2.30. The molecule has 1 aliphatic heterocycles. The summed E-state index contributed by atoms with van der Waals surface area (Å²) in [7, 11) is 1.66. The number of nitrogens with one attached hydrogen (secondary N) is 1. The average Bonchev–Trinajstić information content (AvgIpc) is 3.27. The lowest BCUT2D eigenvalue weighted by Crippen LogP contribution is -2.55. The van der Waals surface area contributed by atoms with Gasteiger partial charge in [0.2, 0.25) is 11.6 Å². The third-order valence-corrected chi connectivity index (χ3v) is 5.99. The van der Waals surface area contributed by atoms with Gasteiger partial charge in [-0.05, 0) is 44.9 Å². The molecule has 0 amide bonds. The minimum atomic E-state index is -0.0621. The largest absolute Gasteiger partial charge is 0.493 e. The van der Waals surface area contributed by atoms with Crippen LogP contribution >= 0.6 is 0 Å². The highest BCUT2D eigenvalue weighted by Crippen LogP contribution is 2.33. The topological polar surface area (TPSA) is 83.6 Å². The van der Waals surface area contributed by atoms with Gasteiger partial charge in [-0.2, -0.15) is 5.10 Å². The molecule has 0 unspecified atom stereocenters. The lowest BCUT2D eigenvalue weighted by atomic mass is 10.0. The van der Waals surface area contributed by atoms with Gasteiger partial charge in [-0.25, -0.2) is 4.98 Å². The van der Waals surface area contributed by atoms with Crippen molar-refractivity contribution >= 4 is 11.5 Å². The van der Waals surface area contributed by atoms with Gasteiger partial charge in [0.15, 0.2) is 11.5 Å². The molecule has 4 rings (SSSR count). The zero-order valence-corrected chi connectivity index (χ0v) is 20.3. The molecule has 1 aliphatic rings. The number of hydrogen-bond donors (Lipinski definition) is 1. The van der Waals surface area contributed by atoms with Crippen molar-refractivity contribution < 1.29 is 14.3 Å². The van der Waals surface area contributed by atoms with E-state index in [-0.39, 0.29) is 23.8 Å². The second-order valence-corrected chi connectivity index (χ2v) is 8.93. The number of carbonyl (C=O) groups excluding carboxylic acids is 1. The Labute approximate surface area is 200 Å². The first kappa shape index (κ1) is 23.8. The Morgan fingerprint density at radius 3 is 2.62 bits per heavy atom. The smallest absolute Gasteiger partial charge is 0.218 e. The number of carbonyl (C=O) groups is 1. The van der Waals surface area contributed by atoms with Gasteiger partial charge in [0.05, 0.1) is 19.8 Å². The van der Waals surface area contributed by atoms with E-state index in [1.54, 1.807) is 14.0 Å². The van der Waals surface area contributed by atoms with Crippen molar-refractivity contribution in [2.45, 2.75) is 39.3 Å². The van der Waals surface area contributed by atoms with Gasteiger partial charge in [-0.1, -0.05) is 30.3 Å². The van der Waals surface area contributed by atoms with Crippen molar-refractivity contribution in [3.63, 3.8) is 0 Å². The molecule has 1 N–H and O–H groups in total. The van der Waals surface area contributed by atoms with Crippen molar-refractivity contribution in [1.29, 1.82) is 0 Å². The van der Waals surface area contributed by atoms with Gasteiger partial charge in [0.25, 0.3) is 0 Å². The van der Waals surface area contributed by atoms with E-state index in [2.05, 4.69) is 61.4 Å². The van der Waals surface area contributed by atoms with Crippen LogP contribution in [-0.4, -0.2) is 71.3 Å². The lowest BCUT2D eigenvalue weighted by Gasteiger charge is -2.42. The van der Waals surface area contributed by atoms with Crippen LogP contribution in [0.3, 0.4) is 0 Å². The van der Waals surface area contributed by atoms with Crippen LogP contribution < -0.4 is 14.4 Å². The Balaban J connectivity index is 1.54. The molecule has 8 nitrogen and oxygen atoms in total. The van der Waals surface area contributed by atoms with E-state index in [9.17, 15) is 4.79 Å². The number of anilines is 1. The fourth-order valence-corrected chi connectivity index (χ4v) is 4.35. The molecule has 34 heavy (non-hydrogen) atoms. The average molecular weight is 464 g/mol. The van der Waals surface area contributed by atoms with E-state index in [0.717, 1.165) is 43.2 Å². The molecule has 0 bridgehead atoms. The van der Waals surface area contributed by atoms with Gasteiger partial charge in [-0.15, -0.1) is 0 Å². The molecular formula is C26H33N5O3. The number of nitrogens with zero attached hydrogens (tertiary/aromatic N) is 4. The summed E-state index contributed by atoms with van der Waals surface area (Å²) in [6.07, 6.45) is 0.903. The molecule has 8 heteroatoms. The maximum Gasteiger partial charge on any atom is 0.218 e. The van der Waals surface area contributed by atoms with Crippen LogP contribution in [0, 0.1) is 6.92 Å². The first-order chi connectivity index (χ1) is 16.4. The number of ether oxygens (including phenoxy) is 2. The highest BCUT2D eigenvalue weighted by molar-refractivity contribution is 5.94. The zero-order valence-electron chi connectivity index (χ0n) is 20.3. The quantitative estimate of drug-likeness (QED) is 0.486. The summed E-state index contributed by atoms with van der Waals surface area (Å²) in [5.74, 6) is 2.31. The number of hydrogen-bond acceptors (Lipinski definition) is 7. The van der Waals surface area contributed by atoms with Crippen molar-refractivity contribution in [2.24, 2.45) is 0 Å². The van der Waals surface area contributed by atoms with E-state index < -0.39 is 0 Å². The SMILES string of the molecule is COc1ccc(N2CCN(CC(=O)c3n[nH]c(C)n3)[C@@H](Cc3ccccc3)C2)cc1OC(C)C. The van der Waals surface area contributed by atoms with Crippen molar-refractivity contribution in [1.82, 2.24) is 20.1 Å². The van der Waals surface area contributed by atoms with Gasteiger partial charge in [0.1, 0.15) is 5.82 Å².